The molecule has 1 heterocycles. The molecule has 156 valence electrons. The van der Waals surface area contributed by atoms with Crippen LogP contribution in [0.3, 0.4) is 0 Å². The Bertz CT molecular complexity index is 818. The first kappa shape index (κ1) is 22.6. The molecule has 0 saturated heterocycles. The van der Waals surface area contributed by atoms with Crippen LogP contribution in [0.15, 0.2) is 36.4 Å². The molecule has 7 nitrogen and oxygen atoms in total. The van der Waals surface area contributed by atoms with Crippen LogP contribution in [0.25, 0.3) is 11.3 Å². The Labute approximate surface area is 177 Å². The van der Waals surface area contributed by atoms with Gasteiger partial charge in [-0.2, -0.15) is 0 Å². The topological polar surface area (TPSA) is 105 Å². The van der Waals surface area contributed by atoms with Crippen LogP contribution in [0.1, 0.15) is 37.7 Å². The van der Waals surface area contributed by atoms with Gasteiger partial charge in [-0.1, -0.05) is 24.3 Å². The fourth-order valence-electron chi connectivity index (χ4n) is 3.73. The molecule has 1 aliphatic carbocycles. The predicted octanol–water partition coefficient (Wildman–Crippen LogP) is 3.41. The van der Waals surface area contributed by atoms with Crippen LogP contribution in [0.4, 0.5) is 5.82 Å². The molecule has 0 atom stereocenters. The maximum atomic E-state index is 11.5. The highest BCUT2D eigenvalue weighted by atomic mass is 35.5. The zero-order valence-electron chi connectivity index (χ0n) is 16.8. The minimum Gasteiger partial charge on any atom is -0.469 e. The van der Waals surface area contributed by atoms with E-state index in [0.29, 0.717) is 23.9 Å². The van der Waals surface area contributed by atoms with Gasteiger partial charge < -0.3 is 15.4 Å². The Kier molecular flexibility index (Phi) is 7.96. The summed E-state index contributed by atoms with van der Waals surface area (Å²) in [6.07, 6.45) is 4.64. The first-order chi connectivity index (χ1) is 13.5. The highest BCUT2D eigenvalue weighted by molar-refractivity contribution is 5.95. The van der Waals surface area contributed by atoms with Gasteiger partial charge in [0.1, 0.15) is 5.84 Å². The van der Waals surface area contributed by atoms with Gasteiger partial charge in [0, 0.05) is 30.6 Å². The van der Waals surface area contributed by atoms with Crippen molar-refractivity contribution in [2.75, 3.05) is 19.1 Å². The van der Waals surface area contributed by atoms with E-state index < -0.39 is 0 Å². The number of anilines is 1. The number of amidine groups is 1. The Morgan fingerprint density at radius 2 is 1.79 bits per heavy atom. The Morgan fingerprint density at radius 1 is 1.14 bits per heavy atom. The van der Waals surface area contributed by atoms with Crippen LogP contribution in [0.5, 0.6) is 0 Å². The van der Waals surface area contributed by atoms with Crippen LogP contribution in [0, 0.1) is 11.3 Å². The Balaban J connectivity index is 0.00000300. The number of nitrogen functional groups attached to an aromatic ring is 1. The zero-order valence-corrected chi connectivity index (χ0v) is 17.6. The number of rotatable bonds is 6. The monoisotopic (exact) mass is 417 g/mol. The van der Waals surface area contributed by atoms with E-state index in [1.807, 2.05) is 36.4 Å². The zero-order chi connectivity index (χ0) is 20.1. The molecular formula is C21H28ClN5O2. The van der Waals surface area contributed by atoms with Crippen molar-refractivity contribution >= 4 is 30.0 Å². The first-order valence-corrected chi connectivity index (χ1v) is 9.56. The van der Waals surface area contributed by atoms with E-state index in [9.17, 15) is 4.79 Å². The van der Waals surface area contributed by atoms with Gasteiger partial charge in [-0.25, -0.2) is 0 Å². The van der Waals surface area contributed by atoms with Gasteiger partial charge in [-0.15, -0.1) is 22.6 Å². The van der Waals surface area contributed by atoms with Gasteiger partial charge >= 0.3 is 5.97 Å². The minimum atomic E-state index is -0.116. The quantitative estimate of drug-likeness (QED) is 0.424. The molecule has 1 saturated carbocycles. The number of esters is 1. The van der Waals surface area contributed by atoms with Gasteiger partial charge in [-0.05, 0) is 43.7 Å². The third-order valence-electron chi connectivity index (χ3n) is 5.55. The lowest BCUT2D eigenvalue weighted by atomic mass is 9.83. The fourth-order valence-corrected chi connectivity index (χ4v) is 3.73. The number of nitrogens with one attached hydrogen (secondary N) is 1. The van der Waals surface area contributed by atoms with Crippen LogP contribution < -0.4 is 10.6 Å². The van der Waals surface area contributed by atoms with E-state index in [1.54, 1.807) is 0 Å². The van der Waals surface area contributed by atoms with Crippen LogP contribution in [-0.4, -0.2) is 42.2 Å². The summed E-state index contributed by atoms with van der Waals surface area (Å²) in [4.78, 5) is 13.6. The van der Waals surface area contributed by atoms with Gasteiger partial charge in [-0.3, -0.25) is 10.2 Å². The van der Waals surface area contributed by atoms with Crippen molar-refractivity contribution in [3.05, 3.63) is 42.0 Å². The predicted molar refractivity (Wildman–Crippen MR) is 117 cm³/mol. The number of hydrogen-bond donors (Lipinski definition) is 2. The molecule has 0 unspecified atom stereocenters. The highest BCUT2D eigenvalue weighted by Crippen LogP contribution is 2.31. The van der Waals surface area contributed by atoms with Crippen molar-refractivity contribution in [1.82, 2.24) is 10.2 Å². The maximum Gasteiger partial charge on any atom is 0.305 e. The summed E-state index contributed by atoms with van der Waals surface area (Å²) in [5, 5.41) is 16.2. The SMILES string of the molecule is COC(=O)CC1CCC(N(C)c2ccc(-c3ccc(C(=N)N)cc3)nn2)CC1.Cl. The van der Waals surface area contributed by atoms with Crippen molar-refractivity contribution in [1.29, 1.82) is 5.41 Å². The average molecular weight is 418 g/mol. The number of benzene rings is 1. The van der Waals surface area contributed by atoms with Gasteiger partial charge in [0.15, 0.2) is 5.82 Å². The number of carbonyl (C=O) groups excluding carboxylic acids is 1. The second-order valence-corrected chi connectivity index (χ2v) is 7.33. The van der Waals surface area contributed by atoms with E-state index in [0.717, 1.165) is 42.8 Å². The molecule has 0 amide bonds. The molecule has 0 bridgehead atoms. The molecule has 1 aliphatic rings. The largest absolute Gasteiger partial charge is 0.469 e. The number of halogens is 1. The average Bonchev–Trinajstić information content (AvgIpc) is 2.74. The summed E-state index contributed by atoms with van der Waals surface area (Å²) in [5.74, 6) is 1.20. The highest BCUT2D eigenvalue weighted by Gasteiger charge is 2.26. The van der Waals surface area contributed by atoms with Gasteiger partial charge in [0.05, 0.1) is 12.8 Å². The maximum absolute atomic E-state index is 11.5. The van der Waals surface area contributed by atoms with Crippen LogP contribution >= 0.6 is 12.4 Å². The summed E-state index contributed by atoms with van der Waals surface area (Å²) in [5.41, 5.74) is 7.91. The molecule has 0 aliphatic heterocycles. The Morgan fingerprint density at radius 3 is 2.31 bits per heavy atom. The molecule has 1 aromatic heterocycles. The number of carbonyl (C=O) groups is 1. The third-order valence-corrected chi connectivity index (χ3v) is 5.55. The number of nitrogens with two attached hydrogens (primary N) is 1. The van der Waals surface area contributed by atoms with Gasteiger partial charge in [0.25, 0.3) is 0 Å². The molecule has 1 fully saturated rings. The first-order valence-electron chi connectivity index (χ1n) is 9.56. The Hall–Kier alpha value is -2.67. The summed E-state index contributed by atoms with van der Waals surface area (Å²) in [6.45, 7) is 0. The molecule has 29 heavy (non-hydrogen) atoms. The number of nitrogens with zero attached hydrogens (tertiary/aromatic N) is 3. The van der Waals surface area contributed by atoms with Gasteiger partial charge in [0.2, 0.25) is 0 Å². The summed E-state index contributed by atoms with van der Waals surface area (Å²) in [6, 6.07) is 11.8. The number of hydrogen-bond acceptors (Lipinski definition) is 6. The number of aromatic nitrogens is 2. The van der Waals surface area contributed by atoms with E-state index in [2.05, 4.69) is 22.1 Å². The molecular weight excluding hydrogens is 390 g/mol. The molecule has 3 rings (SSSR count). The lowest BCUT2D eigenvalue weighted by Crippen LogP contribution is -2.36. The summed E-state index contributed by atoms with van der Waals surface area (Å²) >= 11 is 0. The van der Waals surface area contributed by atoms with E-state index in [4.69, 9.17) is 15.9 Å². The summed E-state index contributed by atoms with van der Waals surface area (Å²) in [7, 11) is 3.50. The van der Waals surface area contributed by atoms with Crippen molar-refractivity contribution in [2.45, 2.75) is 38.1 Å². The summed E-state index contributed by atoms with van der Waals surface area (Å²) < 4.78 is 4.78. The third kappa shape index (κ3) is 5.67. The molecule has 3 N–H and O–H groups in total. The van der Waals surface area contributed by atoms with Crippen LogP contribution in [0.2, 0.25) is 0 Å². The van der Waals surface area contributed by atoms with Crippen molar-refractivity contribution < 1.29 is 9.53 Å². The molecule has 1 aromatic carbocycles. The lowest BCUT2D eigenvalue weighted by Gasteiger charge is -2.34. The van der Waals surface area contributed by atoms with E-state index in [1.165, 1.54) is 7.11 Å². The molecule has 2 aromatic rings. The van der Waals surface area contributed by atoms with Crippen molar-refractivity contribution in [3.63, 3.8) is 0 Å². The van der Waals surface area contributed by atoms with E-state index in [-0.39, 0.29) is 24.2 Å². The van der Waals surface area contributed by atoms with E-state index >= 15 is 0 Å². The standard InChI is InChI=1S/C21H27N5O2.ClH/c1-26(17-9-3-14(4-10-17)13-20(27)28-2)19-12-11-18(24-25-19)15-5-7-16(8-6-15)21(22)23;/h5-8,11-12,14,17H,3-4,9-10,13H2,1-2H3,(H3,22,23);1H. The number of methoxy groups -OCH3 is 1. The fraction of sp³-hybridized carbons (Fsp3) is 0.429. The van der Waals surface area contributed by atoms with Crippen molar-refractivity contribution in [3.8, 4) is 11.3 Å². The lowest BCUT2D eigenvalue weighted by molar-refractivity contribution is -0.142. The molecule has 0 radical (unpaired) electrons. The second-order valence-electron chi connectivity index (χ2n) is 7.33. The molecule has 8 heteroatoms. The van der Waals surface area contributed by atoms with Crippen molar-refractivity contribution in [2.24, 2.45) is 11.7 Å². The minimum absolute atomic E-state index is 0. The number of ether oxygens (including phenoxy) is 1. The smallest absolute Gasteiger partial charge is 0.305 e. The second kappa shape index (κ2) is 10.2. The van der Waals surface area contributed by atoms with Crippen LogP contribution in [-0.2, 0) is 9.53 Å². The normalized spacial score (nSPS) is 18.4. The molecule has 0 spiro atoms.